The summed E-state index contributed by atoms with van der Waals surface area (Å²) in [5.41, 5.74) is 1.32. The van der Waals surface area contributed by atoms with Crippen molar-refractivity contribution in [2.45, 2.75) is 6.92 Å². The van der Waals surface area contributed by atoms with Gasteiger partial charge in [0, 0.05) is 4.92 Å². The fourth-order valence-corrected chi connectivity index (χ4v) is 0.534. The Morgan fingerprint density at radius 2 is 1.64 bits per heavy atom. The van der Waals surface area contributed by atoms with Crippen molar-refractivity contribution in [3.05, 3.63) is 46.0 Å². The van der Waals surface area contributed by atoms with Crippen molar-refractivity contribution in [2.24, 2.45) is 0 Å². The highest BCUT2D eigenvalue weighted by Gasteiger charge is 1.72. The quantitative estimate of drug-likeness (QED) is 0.422. The molecule has 3 nitrogen and oxygen atoms in total. The Kier molecular flexibility index (Phi) is 4.73. The van der Waals surface area contributed by atoms with E-state index in [-0.39, 0.29) is 0 Å². The minimum atomic E-state index is -0.500. The molecule has 0 amide bonds. The zero-order valence-corrected chi connectivity index (χ0v) is 6.65. The summed E-state index contributed by atoms with van der Waals surface area (Å²) in [5, 5.41) is 8.81. The van der Waals surface area contributed by atoms with Gasteiger partial charge in [-0.3, -0.25) is 10.1 Å². The van der Waals surface area contributed by atoms with E-state index in [9.17, 15) is 0 Å². The maximum atomic E-state index is 8.81. The average molecular weight is 153 g/mol. The second-order valence-corrected chi connectivity index (χ2v) is 2.09. The molecule has 0 spiro atoms. The lowest BCUT2D eigenvalue weighted by atomic mass is 10.2. The molecule has 60 valence electrons. The van der Waals surface area contributed by atoms with E-state index in [1.165, 1.54) is 5.56 Å². The summed E-state index contributed by atoms with van der Waals surface area (Å²) in [5.74, 6) is 0. The Labute approximate surface area is 65.8 Å². The van der Waals surface area contributed by atoms with Gasteiger partial charge in [-0.1, -0.05) is 35.9 Å². The molecular weight excluding hydrogens is 142 g/mol. The normalized spacial score (nSPS) is 7.82. The van der Waals surface area contributed by atoms with Crippen LogP contribution >= 0.6 is 0 Å². The first-order valence-corrected chi connectivity index (χ1v) is 3.22. The van der Waals surface area contributed by atoms with Crippen LogP contribution in [0.5, 0.6) is 0 Å². The monoisotopic (exact) mass is 153 g/mol. The molecule has 0 aromatic heterocycles. The number of nitrogens with zero attached hydrogens (tertiary/aromatic N) is 1. The smallest absolute Gasteiger partial charge is 0.194 e. The molecule has 3 heteroatoms. The summed E-state index contributed by atoms with van der Waals surface area (Å²) in [6.45, 7) is 2.08. The number of nitro groups is 1. The van der Waals surface area contributed by atoms with Crippen molar-refractivity contribution in [3.8, 4) is 0 Å². The van der Waals surface area contributed by atoms with E-state index in [0.717, 1.165) is 7.05 Å². The van der Waals surface area contributed by atoms with Gasteiger partial charge >= 0.3 is 0 Å². The van der Waals surface area contributed by atoms with Gasteiger partial charge in [0.15, 0.2) is 7.05 Å². The van der Waals surface area contributed by atoms with E-state index in [2.05, 4.69) is 19.1 Å². The highest BCUT2D eigenvalue weighted by molar-refractivity contribution is 5.11. The third-order valence-corrected chi connectivity index (χ3v) is 0.940. The molecule has 0 aliphatic carbocycles. The summed E-state index contributed by atoms with van der Waals surface area (Å²) < 4.78 is 0. The second kappa shape index (κ2) is 5.41. The van der Waals surface area contributed by atoms with Gasteiger partial charge < -0.3 is 0 Å². The third kappa shape index (κ3) is 8.62. The number of rotatable bonds is 0. The molecule has 1 aromatic rings. The van der Waals surface area contributed by atoms with Gasteiger partial charge in [-0.25, -0.2) is 0 Å². The van der Waals surface area contributed by atoms with E-state index >= 15 is 0 Å². The molecule has 0 aliphatic heterocycles. The minimum absolute atomic E-state index is 0.500. The van der Waals surface area contributed by atoms with E-state index < -0.39 is 4.92 Å². The predicted octanol–water partition coefficient (Wildman–Crippen LogP) is 1.89. The van der Waals surface area contributed by atoms with Crippen LogP contribution in [0.4, 0.5) is 0 Å². The van der Waals surface area contributed by atoms with Crippen molar-refractivity contribution in [3.63, 3.8) is 0 Å². The first-order valence-electron chi connectivity index (χ1n) is 3.22. The summed E-state index contributed by atoms with van der Waals surface area (Å²) in [6, 6.07) is 10.3. The number of benzene rings is 1. The first-order chi connectivity index (χ1) is 5.13. The Balaban J connectivity index is 0.000000218. The van der Waals surface area contributed by atoms with E-state index in [1.54, 1.807) is 0 Å². The molecule has 0 saturated carbocycles. The molecule has 0 unspecified atom stereocenters. The van der Waals surface area contributed by atoms with Crippen molar-refractivity contribution in [1.82, 2.24) is 0 Å². The van der Waals surface area contributed by atoms with Crippen LogP contribution in [0.25, 0.3) is 0 Å². The van der Waals surface area contributed by atoms with Gasteiger partial charge in [-0.15, -0.1) is 0 Å². The van der Waals surface area contributed by atoms with Crippen LogP contribution in [-0.2, 0) is 0 Å². The fraction of sp³-hybridized carbons (Fsp3) is 0.250. The lowest BCUT2D eigenvalue weighted by molar-refractivity contribution is -0.445. The first kappa shape index (κ1) is 9.62. The van der Waals surface area contributed by atoms with Crippen LogP contribution in [-0.4, -0.2) is 12.0 Å². The second-order valence-electron chi connectivity index (χ2n) is 2.09. The number of hydrogen-bond donors (Lipinski definition) is 0. The molecule has 0 bridgehead atoms. The molecule has 0 saturated heterocycles. The summed E-state index contributed by atoms with van der Waals surface area (Å²) in [7, 11) is 0.889. The van der Waals surface area contributed by atoms with Crippen LogP contribution in [0.15, 0.2) is 30.3 Å². The molecule has 0 atom stereocenters. The Morgan fingerprint density at radius 1 is 1.27 bits per heavy atom. The van der Waals surface area contributed by atoms with E-state index in [4.69, 9.17) is 10.1 Å². The standard InChI is InChI=1S/C7H8.CH3NO2/c1-7-5-3-2-4-6-7;1-2(3)4/h2-6H,1H3;1H3. The van der Waals surface area contributed by atoms with Gasteiger partial charge in [0.25, 0.3) is 0 Å². The Bertz CT molecular complexity index is 205. The van der Waals surface area contributed by atoms with Crippen molar-refractivity contribution >= 4 is 0 Å². The molecule has 0 radical (unpaired) electrons. The predicted molar refractivity (Wildman–Crippen MR) is 44.1 cm³/mol. The molecule has 0 fully saturated rings. The summed E-state index contributed by atoms with van der Waals surface area (Å²) in [4.78, 5) is 8.31. The number of hydrogen-bond acceptors (Lipinski definition) is 2. The summed E-state index contributed by atoms with van der Waals surface area (Å²) in [6.07, 6.45) is 0. The topological polar surface area (TPSA) is 43.1 Å². The maximum absolute atomic E-state index is 8.81. The lowest BCUT2D eigenvalue weighted by Gasteiger charge is -1.82. The molecule has 1 aromatic carbocycles. The lowest BCUT2D eigenvalue weighted by Crippen LogP contribution is -1.79. The van der Waals surface area contributed by atoms with Gasteiger partial charge in [-0.2, -0.15) is 0 Å². The van der Waals surface area contributed by atoms with Gasteiger partial charge in [0.1, 0.15) is 0 Å². The molecule has 0 N–H and O–H groups in total. The fourth-order valence-electron chi connectivity index (χ4n) is 0.534. The summed E-state index contributed by atoms with van der Waals surface area (Å²) >= 11 is 0. The van der Waals surface area contributed by atoms with Gasteiger partial charge in [-0.05, 0) is 6.92 Å². The van der Waals surface area contributed by atoms with Gasteiger partial charge in [0.2, 0.25) is 0 Å². The van der Waals surface area contributed by atoms with Crippen LogP contribution in [0.2, 0.25) is 0 Å². The van der Waals surface area contributed by atoms with Crippen LogP contribution in [0.1, 0.15) is 5.56 Å². The van der Waals surface area contributed by atoms with Crippen LogP contribution in [0, 0.1) is 17.0 Å². The van der Waals surface area contributed by atoms with Gasteiger partial charge in [0.05, 0.1) is 0 Å². The van der Waals surface area contributed by atoms with Crippen molar-refractivity contribution in [2.75, 3.05) is 7.05 Å². The van der Waals surface area contributed by atoms with Crippen molar-refractivity contribution < 1.29 is 4.92 Å². The van der Waals surface area contributed by atoms with E-state index in [1.807, 2.05) is 18.2 Å². The molecule has 1 rings (SSSR count). The van der Waals surface area contributed by atoms with E-state index in [0.29, 0.717) is 0 Å². The highest BCUT2D eigenvalue weighted by atomic mass is 16.6. The molecule has 0 aliphatic rings. The third-order valence-electron chi connectivity index (χ3n) is 0.940. The maximum Gasteiger partial charge on any atom is 0.194 e. The zero-order chi connectivity index (χ0) is 8.69. The SMILES string of the molecule is C[N+](=O)[O-].Cc1ccccc1. The zero-order valence-electron chi connectivity index (χ0n) is 6.65. The highest BCUT2D eigenvalue weighted by Crippen LogP contribution is 1.92. The number of aryl methyl sites for hydroxylation is 1. The largest absolute Gasteiger partial charge is 0.265 e. The molecular formula is C8H11NO2. The minimum Gasteiger partial charge on any atom is -0.265 e. The Hall–Kier alpha value is -1.38. The van der Waals surface area contributed by atoms with Crippen LogP contribution in [0.3, 0.4) is 0 Å². The molecule has 11 heavy (non-hydrogen) atoms. The Morgan fingerprint density at radius 3 is 1.82 bits per heavy atom. The van der Waals surface area contributed by atoms with Crippen molar-refractivity contribution in [1.29, 1.82) is 0 Å². The average Bonchev–Trinajstić information content (AvgIpc) is 1.87. The molecule has 0 heterocycles. The van der Waals surface area contributed by atoms with Crippen LogP contribution < -0.4 is 0 Å².